The van der Waals surface area contributed by atoms with Gasteiger partial charge in [-0.05, 0) is 18.6 Å². The number of aryl methyl sites for hydroxylation is 1. The van der Waals surface area contributed by atoms with E-state index < -0.39 is 7.05 Å². The first-order valence-corrected chi connectivity index (χ1v) is 11.2. The number of halogens is 1. The molecule has 0 saturated heterocycles. The van der Waals surface area contributed by atoms with Crippen molar-refractivity contribution in [3.8, 4) is 0 Å². The lowest BCUT2D eigenvalue weighted by Crippen LogP contribution is -2.25. The van der Waals surface area contributed by atoms with Gasteiger partial charge in [-0.25, -0.2) is 4.98 Å². The molecule has 2 nitrogen and oxygen atoms in total. The molecule has 0 spiro atoms. The molecule has 0 unspecified atom stereocenters. The molecular weight excluding hydrogens is 383 g/mol. The third-order valence-corrected chi connectivity index (χ3v) is 8.63. The lowest BCUT2D eigenvalue weighted by molar-refractivity contribution is 1.27. The van der Waals surface area contributed by atoms with Gasteiger partial charge in [-0.3, -0.25) is 4.74 Å². The van der Waals surface area contributed by atoms with Gasteiger partial charge in [0.15, 0.2) is 5.15 Å². The number of hydrogen-bond acceptors (Lipinski definition) is 2. The molecular formula is C24H20ClN2P. The van der Waals surface area contributed by atoms with Crippen molar-refractivity contribution in [1.82, 2.24) is 4.98 Å². The Hall–Kier alpha value is -2.67. The zero-order chi connectivity index (χ0) is 19.4. The second-order valence-corrected chi connectivity index (χ2v) is 9.89. The van der Waals surface area contributed by atoms with E-state index in [0.29, 0.717) is 5.15 Å². The van der Waals surface area contributed by atoms with Crippen LogP contribution in [0.5, 0.6) is 0 Å². The zero-order valence-corrected chi connectivity index (χ0v) is 17.2. The second kappa shape index (κ2) is 8.14. The van der Waals surface area contributed by atoms with Gasteiger partial charge in [0.2, 0.25) is 0 Å². The smallest absolute Gasteiger partial charge is 0.154 e. The molecule has 0 aliphatic heterocycles. The third-order valence-electron chi connectivity index (χ3n) is 4.72. The van der Waals surface area contributed by atoms with Crippen LogP contribution in [-0.2, 0) is 0 Å². The van der Waals surface area contributed by atoms with Crippen LogP contribution in [0.25, 0.3) is 0 Å². The maximum absolute atomic E-state index is 6.51. The molecule has 4 heteroatoms. The van der Waals surface area contributed by atoms with E-state index in [-0.39, 0.29) is 0 Å². The van der Waals surface area contributed by atoms with Gasteiger partial charge >= 0.3 is 0 Å². The Kier molecular flexibility index (Phi) is 5.43. The molecule has 1 heterocycles. The predicted molar refractivity (Wildman–Crippen MR) is 121 cm³/mol. The highest BCUT2D eigenvalue weighted by atomic mass is 35.5. The summed E-state index contributed by atoms with van der Waals surface area (Å²) in [5.74, 6) is 0. The van der Waals surface area contributed by atoms with Crippen LogP contribution in [0, 0.1) is 6.92 Å². The Morgan fingerprint density at radius 1 is 0.679 bits per heavy atom. The van der Waals surface area contributed by atoms with Crippen LogP contribution in [0.1, 0.15) is 5.56 Å². The quantitative estimate of drug-likeness (QED) is 0.310. The van der Waals surface area contributed by atoms with Crippen molar-refractivity contribution < 1.29 is 0 Å². The van der Waals surface area contributed by atoms with Crippen LogP contribution in [0.15, 0.2) is 108 Å². The highest BCUT2D eigenvalue weighted by Gasteiger charge is 2.28. The number of benzene rings is 3. The molecule has 4 rings (SSSR count). The lowest BCUT2D eigenvalue weighted by atomic mass is 10.3. The summed E-state index contributed by atoms with van der Waals surface area (Å²) in [6.07, 6.45) is 1.73. The predicted octanol–water partition coefficient (Wildman–Crippen LogP) is 5.85. The minimum atomic E-state index is -2.33. The van der Waals surface area contributed by atoms with Crippen LogP contribution in [0.3, 0.4) is 0 Å². The zero-order valence-electron chi connectivity index (χ0n) is 15.5. The molecule has 4 aromatic rings. The highest BCUT2D eigenvalue weighted by Crippen LogP contribution is 2.50. The molecule has 0 aliphatic rings. The Balaban J connectivity index is 2.18. The summed E-state index contributed by atoms with van der Waals surface area (Å²) in [5.41, 5.74) is 1.78. The summed E-state index contributed by atoms with van der Waals surface area (Å²) >= 11 is 6.51. The van der Waals surface area contributed by atoms with Gasteiger partial charge < -0.3 is 0 Å². The van der Waals surface area contributed by atoms with Crippen LogP contribution in [-0.4, -0.2) is 4.98 Å². The fourth-order valence-corrected chi connectivity index (χ4v) is 7.25. The van der Waals surface area contributed by atoms with Crippen molar-refractivity contribution in [2.45, 2.75) is 6.92 Å². The minimum Gasteiger partial charge on any atom is -0.250 e. The molecule has 0 saturated carbocycles. The van der Waals surface area contributed by atoms with E-state index in [1.165, 1.54) is 15.9 Å². The largest absolute Gasteiger partial charge is 0.250 e. The maximum Gasteiger partial charge on any atom is 0.154 e. The van der Waals surface area contributed by atoms with E-state index >= 15 is 0 Å². The van der Waals surface area contributed by atoms with Crippen molar-refractivity contribution in [1.29, 1.82) is 0 Å². The van der Waals surface area contributed by atoms with Crippen molar-refractivity contribution in [2.75, 3.05) is 0 Å². The van der Waals surface area contributed by atoms with E-state index in [9.17, 15) is 0 Å². The van der Waals surface area contributed by atoms with Crippen LogP contribution in [0.2, 0.25) is 5.15 Å². The van der Waals surface area contributed by atoms with E-state index in [0.717, 1.165) is 11.3 Å². The van der Waals surface area contributed by atoms with Gasteiger partial charge in [0.25, 0.3) is 0 Å². The van der Waals surface area contributed by atoms with Gasteiger partial charge in [-0.1, -0.05) is 103 Å². The molecule has 0 bridgehead atoms. The second-order valence-electron chi connectivity index (χ2n) is 6.51. The standard InChI is InChI=1S/C24H20ClN2P/c1-19-17-18-26-24(25)23(19)27-28(20-11-5-2-6-12-20,21-13-7-3-8-14-21)22-15-9-4-10-16-22/h2-18H,1H3. The summed E-state index contributed by atoms with van der Waals surface area (Å²) < 4.78 is 5.42. The van der Waals surface area contributed by atoms with Crippen molar-refractivity contribution in [3.63, 3.8) is 0 Å². The Labute approximate surface area is 170 Å². The monoisotopic (exact) mass is 402 g/mol. The fourth-order valence-electron chi connectivity index (χ4n) is 3.34. The van der Waals surface area contributed by atoms with Gasteiger partial charge in [0.1, 0.15) is 5.69 Å². The Bertz CT molecular complexity index is 1000. The Morgan fingerprint density at radius 2 is 1.11 bits per heavy atom. The van der Waals surface area contributed by atoms with E-state index in [4.69, 9.17) is 16.3 Å². The first-order chi connectivity index (χ1) is 13.7. The van der Waals surface area contributed by atoms with Gasteiger partial charge in [-0.15, -0.1) is 0 Å². The van der Waals surface area contributed by atoms with Crippen molar-refractivity contribution in [3.05, 3.63) is 114 Å². The van der Waals surface area contributed by atoms with Crippen LogP contribution < -0.4 is 15.9 Å². The van der Waals surface area contributed by atoms with Crippen molar-refractivity contribution in [2.24, 2.45) is 4.74 Å². The summed E-state index contributed by atoms with van der Waals surface area (Å²) in [6, 6.07) is 33.5. The molecule has 1 aromatic heterocycles. The average Bonchev–Trinajstić information content (AvgIpc) is 2.76. The fraction of sp³-hybridized carbons (Fsp3) is 0.0417. The molecule has 0 atom stereocenters. The minimum absolute atomic E-state index is 0.437. The van der Waals surface area contributed by atoms with E-state index in [2.05, 4.69) is 77.8 Å². The number of aromatic nitrogens is 1. The summed E-state index contributed by atoms with van der Waals surface area (Å²) in [5, 5.41) is 4.00. The number of pyridine rings is 1. The SMILES string of the molecule is Cc1ccnc(Cl)c1N=P(c1ccccc1)(c1ccccc1)c1ccccc1. The molecule has 0 aliphatic carbocycles. The number of nitrogens with zero attached hydrogens (tertiary/aromatic N) is 2. The summed E-state index contributed by atoms with van der Waals surface area (Å²) in [4.78, 5) is 4.29. The lowest BCUT2D eigenvalue weighted by Gasteiger charge is -2.27. The van der Waals surface area contributed by atoms with E-state index in [1.54, 1.807) is 6.20 Å². The summed E-state index contributed by atoms with van der Waals surface area (Å²) in [6.45, 7) is 2.03. The van der Waals surface area contributed by atoms with Gasteiger partial charge in [-0.2, -0.15) is 0 Å². The van der Waals surface area contributed by atoms with Crippen molar-refractivity contribution >= 4 is 40.3 Å². The average molecular weight is 403 g/mol. The van der Waals surface area contributed by atoms with Gasteiger partial charge in [0.05, 0.1) is 7.05 Å². The number of rotatable bonds is 4. The molecule has 3 aromatic carbocycles. The first kappa shape index (κ1) is 18.7. The highest BCUT2D eigenvalue weighted by molar-refractivity contribution is 7.87. The van der Waals surface area contributed by atoms with Gasteiger partial charge in [0, 0.05) is 22.1 Å². The van der Waals surface area contributed by atoms with E-state index in [1.807, 2.05) is 31.2 Å². The molecule has 138 valence electrons. The molecule has 0 radical (unpaired) electrons. The topological polar surface area (TPSA) is 25.2 Å². The normalized spacial score (nSPS) is 11.2. The van der Waals surface area contributed by atoms with Crippen LogP contribution >= 0.6 is 18.7 Å². The Morgan fingerprint density at radius 3 is 1.50 bits per heavy atom. The number of hydrogen-bond donors (Lipinski definition) is 0. The maximum atomic E-state index is 6.51. The molecule has 0 fully saturated rings. The van der Waals surface area contributed by atoms with Crippen LogP contribution in [0.4, 0.5) is 5.69 Å². The first-order valence-electron chi connectivity index (χ1n) is 9.12. The molecule has 28 heavy (non-hydrogen) atoms. The summed E-state index contributed by atoms with van der Waals surface area (Å²) in [7, 11) is -2.33. The third kappa shape index (κ3) is 3.42. The molecule has 0 amide bonds. The molecule has 0 N–H and O–H groups in total.